The Bertz CT molecular complexity index is 203. The molecule has 0 bridgehead atoms. The second kappa shape index (κ2) is 6.14. The molecule has 1 rings (SSSR count). The molecule has 1 heterocycles. The van der Waals surface area contributed by atoms with Gasteiger partial charge in [0.2, 0.25) is 0 Å². The minimum absolute atomic E-state index is 0.617. The van der Waals surface area contributed by atoms with Gasteiger partial charge in [-0.05, 0) is 28.9 Å². The third-order valence-corrected chi connectivity index (χ3v) is 2.89. The van der Waals surface area contributed by atoms with Gasteiger partial charge in [0.05, 0.1) is 0 Å². The van der Waals surface area contributed by atoms with Gasteiger partial charge in [0.25, 0.3) is 0 Å². The molecule has 1 nitrogen and oxygen atoms in total. The van der Waals surface area contributed by atoms with E-state index in [0.717, 1.165) is 0 Å². The van der Waals surface area contributed by atoms with Crippen molar-refractivity contribution in [2.24, 2.45) is 0 Å². The van der Waals surface area contributed by atoms with Crippen molar-refractivity contribution in [1.82, 2.24) is 4.37 Å². The SMILES string of the molecule is CC.CC(C)c1cnsc1C(C)C. The second-order valence-corrected chi connectivity index (χ2v) is 4.29. The summed E-state index contributed by atoms with van der Waals surface area (Å²) >= 11 is 1.64. The standard InChI is InChI=1S/C9H15NS.C2H6/c1-6(2)8-5-10-11-9(8)7(3)4;1-2/h5-7H,1-4H3;1-2H3. The highest BCUT2D eigenvalue weighted by molar-refractivity contribution is 7.06. The van der Waals surface area contributed by atoms with E-state index in [2.05, 4.69) is 32.1 Å². The van der Waals surface area contributed by atoms with Crippen LogP contribution in [0.2, 0.25) is 0 Å². The molecule has 76 valence electrons. The Morgan fingerprint density at radius 3 is 1.92 bits per heavy atom. The fourth-order valence-electron chi connectivity index (χ4n) is 1.13. The number of hydrogen-bond acceptors (Lipinski definition) is 2. The summed E-state index contributed by atoms with van der Waals surface area (Å²) in [6, 6.07) is 0. The Morgan fingerprint density at radius 1 is 1.08 bits per heavy atom. The first kappa shape index (κ1) is 12.6. The van der Waals surface area contributed by atoms with Crippen molar-refractivity contribution >= 4 is 11.5 Å². The fraction of sp³-hybridized carbons (Fsp3) is 0.727. The van der Waals surface area contributed by atoms with Crippen LogP contribution in [-0.4, -0.2) is 4.37 Å². The van der Waals surface area contributed by atoms with Crippen LogP contribution in [0.1, 0.15) is 63.8 Å². The van der Waals surface area contributed by atoms with Crippen molar-refractivity contribution < 1.29 is 0 Å². The van der Waals surface area contributed by atoms with Crippen molar-refractivity contribution in [3.05, 3.63) is 16.6 Å². The Morgan fingerprint density at radius 2 is 1.62 bits per heavy atom. The molecule has 0 amide bonds. The quantitative estimate of drug-likeness (QED) is 0.687. The summed E-state index contributed by atoms with van der Waals surface area (Å²) < 4.78 is 4.21. The molecule has 1 aromatic heterocycles. The van der Waals surface area contributed by atoms with E-state index < -0.39 is 0 Å². The molecule has 0 aliphatic heterocycles. The molecule has 0 saturated carbocycles. The van der Waals surface area contributed by atoms with E-state index in [9.17, 15) is 0 Å². The second-order valence-electron chi connectivity index (χ2n) is 3.45. The average molecular weight is 199 g/mol. The molecule has 0 spiro atoms. The van der Waals surface area contributed by atoms with Gasteiger partial charge in [-0.2, -0.15) is 0 Å². The van der Waals surface area contributed by atoms with Gasteiger partial charge in [-0.15, -0.1) is 0 Å². The van der Waals surface area contributed by atoms with Crippen LogP contribution in [0.5, 0.6) is 0 Å². The number of rotatable bonds is 2. The molecule has 0 aromatic carbocycles. The summed E-state index contributed by atoms with van der Waals surface area (Å²) in [6.07, 6.45) is 2.00. The average Bonchev–Trinajstić information content (AvgIpc) is 2.55. The summed E-state index contributed by atoms with van der Waals surface area (Å²) in [6.45, 7) is 12.9. The normalized spacial score (nSPS) is 10.2. The van der Waals surface area contributed by atoms with Crippen LogP contribution in [-0.2, 0) is 0 Å². The molecule has 13 heavy (non-hydrogen) atoms. The maximum absolute atomic E-state index is 4.21. The summed E-state index contributed by atoms with van der Waals surface area (Å²) in [4.78, 5) is 1.44. The van der Waals surface area contributed by atoms with Gasteiger partial charge in [-0.3, -0.25) is 0 Å². The molecule has 0 N–H and O–H groups in total. The van der Waals surface area contributed by atoms with Crippen LogP contribution < -0.4 is 0 Å². The van der Waals surface area contributed by atoms with Crippen LogP contribution in [0, 0.1) is 0 Å². The van der Waals surface area contributed by atoms with Crippen LogP contribution in [0.15, 0.2) is 6.20 Å². The van der Waals surface area contributed by atoms with Gasteiger partial charge in [-0.25, -0.2) is 4.37 Å². The lowest BCUT2D eigenvalue weighted by molar-refractivity contribution is 0.808. The first-order valence-corrected chi connectivity index (χ1v) is 5.84. The third kappa shape index (κ3) is 3.47. The monoisotopic (exact) mass is 199 g/mol. The van der Waals surface area contributed by atoms with Gasteiger partial charge in [-0.1, -0.05) is 41.5 Å². The van der Waals surface area contributed by atoms with E-state index in [4.69, 9.17) is 0 Å². The summed E-state index contributed by atoms with van der Waals surface area (Å²) in [5, 5.41) is 0. The largest absolute Gasteiger partial charge is 0.201 e. The fourth-order valence-corrected chi connectivity index (χ4v) is 2.01. The van der Waals surface area contributed by atoms with E-state index in [1.165, 1.54) is 10.4 Å². The lowest BCUT2D eigenvalue weighted by Gasteiger charge is -2.07. The number of nitrogens with zero attached hydrogens (tertiary/aromatic N) is 1. The zero-order valence-corrected chi connectivity index (χ0v) is 10.4. The molecule has 0 unspecified atom stereocenters. The van der Waals surface area contributed by atoms with Crippen LogP contribution in [0.3, 0.4) is 0 Å². The van der Waals surface area contributed by atoms with E-state index in [1.807, 2.05) is 20.0 Å². The Hall–Kier alpha value is -0.370. The lowest BCUT2D eigenvalue weighted by atomic mass is 10.0. The molecule has 0 saturated heterocycles. The number of hydrogen-bond donors (Lipinski definition) is 0. The topological polar surface area (TPSA) is 12.9 Å². The van der Waals surface area contributed by atoms with E-state index in [1.54, 1.807) is 11.5 Å². The predicted octanol–water partition coefficient (Wildman–Crippen LogP) is 4.42. The molecule has 0 aliphatic rings. The van der Waals surface area contributed by atoms with Gasteiger partial charge < -0.3 is 0 Å². The molecule has 0 fully saturated rings. The van der Waals surface area contributed by atoms with Crippen LogP contribution >= 0.6 is 11.5 Å². The van der Waals surface area contributed by atoms with E-state index >= 15 is 0 Å². The Kier molecular flexibility index (Phi) is 5.97. The van der Waals surface area contributed by atoms with Gasteiger partial charge in [0, 0.05) is 11.1 Å². The Labute approximate surface area is 86.4 Å². The summed E-state index contributed by atoms with van der Waals surface area (Å²) in [5.74, 6) is 1.24. The lowest BCUT2D eigenvalue weighted by Crippen LogP contribution is -1.91. The van der Waals surface area contributed by atoms with E-state index in [0.29, 0.717) is 11.8 Å². The zero-order chi connectivity index (χ0) is 10.4. The van der Waals surface area contributed by atoms with Crippen molar-refractivity contribution in [2.45, 2.75) is 53.4 Å². The summed E-state index contributed by atoms with van der Waals surface area (Å²) in [7, 11) is 0. The minimum atomic E-state index is 0.617. The molecule has 2 heteroatoms. The Balaban J connectivity index is 0.000000671. The van der Waals surface area contributed by atoms with Crippen molar-refractivity contribution in [1.29, 1.82) is 0 Å². The highest BCUT2D eigenvalue weighted by Crippen LogP contribution is 2.28. The molecule has 0 atom stereocenters. The van der Waals surface area contributed by atoms with Gasteiger partial charge in [0.1, 0.15) is 0 Å². The van der Waals surface area contributed by atoms with Crippen LogP contribution in [0.4, 0.5) is 0 Å². The number of aromatic nitrogens is 1. The predicted molar refractivity (Wildman–Crippen MR) is 61.6 cm³/mol. The third-order valence-electron chi connectivity index (χ3n) is 1.77. The molecule has 0 radical (unpaired) electrons. The first-order chi connectivity index (χ1) is 6.13. The van der Waals surface area contributed by atoms with E-state index in [-0.39, 0.29) is 0 Å². The maximum atomic E-state index is 4.21. The van der Waals surface area contributed by atoms with Crippen molar-refractivity contribution in [3.63, 3.8) is 0 Å². The van der Waals surface area contributed by atoms with Crippen molar-refractivity contribution in [2.75, 3.05) is 0 Å². The molecular weight excluding hydrogens is 178 g/mol. The highest BCUT2D eigenvalue weighted by atomic mass is 32.1. The zero-order valence-electron chi connectivity index (χ0n) is 9.59. The minimum Gasteiger partial charge on any atom is -0.201 e. The highest BCUT2D eigenvalue weighted by Gasteiger charge is 2.11. The first-order valence-electron chi connectivity index (χ1n) is 5.07. The van der Waals surface area contributed by atoms with Crippen LogP contribution in [0.25, 0.3) is 0 Å². The summed E-state index contributed by atoms with van der Waals surface area (Å²) in [5.41, 5.74) is 1.42. The van der Waals surface area contributed by atoms with Gasteiger partial charge >= 0.3 is 0 Å². The smallest absolute Gasteiger partial charge is 0.0444 e. The van der Waals surface area contributed by atoms with Gasteiger partial charge in [0.15, 0.2) is 0 Å². The molecule has 1 aromatic rings. The molecule has 0 aliphatic carbocycles. The molecular formula is C11H21NS. The maximum Gasteiger partial charge on any atom is 0.0444 e. The van der Waals surface area contributed by atoms with Crippen molar-refractivity contribution in [3.8, 4) is 0 Å².